The Labute approximate surface area is 131 Å². The molecule has 0 radical (unpaired) electrons. The van der Waals surface area contributed by atoms with Gasteiger partial charge < -0.3 is 0 Å². The van der Waals surface area contributed by atoms with E-state index < -0.39 is 0 Å². The maximum absolute atomic E-state index is 6.25. The summed E-state index contributed by atoms with van der Waals surface area (Å²) >= 11 is 9.70. The van der Waals surface area contributed by atoms with E-state index in [-0.39, 0.29) is 12.1 Å². The van der Waals surface area contributed by atoms with Crippen molar-refractivity contribution in [1.82, 2.24) is 20.2 Å². The molecule has 5 nitrogen and oxygen atoms in total. The van der Waals surface area contributed by atoms with Crippen LogP contribution in [0.5, 0.6) is 0 Å². The van der Waals surface area contributed by atoms with E-state index in [1.54, 1.807) is 6.33 Å². The molecule has 0 bridgehead atoms. The minimum absolute atomic E-state index is 0.123. The summed E-state index contributed by atoms with van der Waals surface area (Å²) in [5.74, 6) is 6.56. The minimum Gasteiger partial charge on any atom is -0.271 e. The van der Waals surface area contributed by atoms with Crippen molar-refractivity contribution in [2.75, 3.05) is 0 Å². The highest BCUT2D eigenvalue weighted by Gasteiger charge is 2.18. The smallest absolute Gasteiger partial charge is 0.138 e. The molecule has 2 aromatic rings. The van der Waals surface area contributed by atoms with Gasteiger partial charge in [-0.2, -0.15) is 5.10 Å². The number of rotatable bonds is 5. The minimum atomic E-state index is -0.123. The number of hydrogen-bond donors (Lipinski definition) is 2. The van der Waals surface area contributed by atoms with E-state index in [0.29, 0.717) is 11.4 Å². The van der Waals surface area contributed by atoms with Crippen molar-refractivity contribution in [3.05, 3.63) is 45.4 Å². The Kier molecular flexibility index (Phi) is 5.15. The summed E-state index contributed by atoms with van der Waals surface area (Å²) in [5.41, 5.74) is 3.74. The fourth-order valence-electron chi connectivity index (χ4n) is 2.07. The fraction of sp³-hybridized carbons (Fsp3) is 0.385. The zero-order chi connectivity index (χ0) is 14.7. The highest BCUT2D eigenvalue weighted by molar-refractivity contribution is 9.10. The molecular formula is C13H17BrClN5. The molecule has 1 aromatic carbocycles. The van der Waals surface area contributed by atoms with Gasteiger partial charge in [0.25, 0.3) is 0 Å². The van der Waals surface area contributed by atoms with E-state index in [0.717, 1.165) is 15.9 Å². The number of nitrogens with zero attached hydrogens (tertiary/aromatic N) is 3. The first kappa shape index (κ1) is 15.4. The Hall–Kier alpha value is -0.950. The molecule has 0 saturated carbocycles. The molecule has 2 rings (SSSR count). The number of hydrogen-bond acceptors (Lipinski definition) is 4. The van der Waals surface area contributed by atoms with Crippen LogP contribution in [-0.2, 0) is 6.42 Å². The average Bonchev–Trinajstić information content (AvgIpc) is 2.87. The normalized spacial score (nSPS) is 12.9. The average molecular weight is 359 g/mol. The molecule has 3 N–H and O–H groups in total. The SMILES string of the molecule is CC(C)n1ncnc1CC(NN)c1cc(Br)ccc1Cl. The lowest BCUT2D eigenvalue weighted by molar-refractivity contribution is 0.468. The van der Waals surface area contributed by atoms with Crippen LogP contribution in [0, 0.1) is 0 Å². The number of benzene rings is 1. The third-order valence-corrected chi connectivity index (χ3v) is 3.90. The second kappa shape index (κ2) is 6.67. The maximum atomic E-state index is 6.25. The van der Waals surface area contributed by atoms with Gasteiger partial charge in [-0.3, -0.25) is 11.3 Å². The predicted molar refractivity (Wildman–Crippen MR) is 83.3 cm³/mol. The Morgan fingerprint density at radius 1 is 1.45 bits per heavy atom. The van der Waals surface area contributed by atoms with Gasteiger partial charge in [-0.1, -0.05) is 27.5 Å². The van der Waals surface area contributed by atoms with Gasteiger partial charge in [0.1, 0.15) is 12.2 Å². The molecule has 108 valence electrons. The van der Waals surface area contributed by atoms with E-state index in [1.165, 1.54) is 0 Å². The molecule has 0 aliphatic heterocycles. The Bertz CT molecular complexity index is 584. The molecule has 20 heavy (non-hydrogen) atoms. The molecule has 0 spiro atoms. The van der Waals surface area contributed by atoms with Crippen LogP contribution >= 0.6 is 27.5 Å². The molecule has 1 heterocycles. The highest BCUT2D eigenvalue weighted by Crippen LogP contribution is 2.28. The third kappa shape index (κ3) is 3.38. The van der Waals surface area contributed by atoms with Crippen molar-refractivity contribution in [3.63, 3.8) is 0 Å². The van der Waals surface area contributed by atoms with Crippen molar-refractivity contribution < 1.29 is 0 Å². The molecular weight excluding hydrogens is 342 g/mol. The Morgan fingerprint density at radius 2 is 2.20 bits per heavy atom. The summed E-state index contributed by atoms with van der Waals surface area (Å²) in [6, 6.07) is 5.84. The van der Waals surface area contributed by atoms with Crippen LogP contribution in [0.3, 0.4) is 0 Å². The van der Waals surface area contributed by atoms with Gasteiger partial charge in [-0.05, 0) is 37.6 Å². The number of aromatic nitrogens is 3. The molecule has 0 aliphatic carbocycles. The van der Waals surface area contributed by atoms with E-state index in [2.05, 4.69) is 45.3 Å². The van der Waals surface area contributed by atoms with Gasteiger partial charge in [-0.25, -0.2) is 9.67 Å². The first-order chi connectivity index (χ1) is 9.52. The molecule has 1 atom stereocenters. The monoisotopic (exact) mass is 357 g/mol. The lowest BCUT2D eigenvalue weighted by Gasteiger charge is -2.19. The summed E-state index contributed by atoms with van der Waals surface area (Å²) < 4.78 is 2.85. The van der Waals surface area contributed by atoms with Crippen molar-refractivity contribution >= 4 is 27.5 Å². The van der Waals surface area contributed by atoms with E-state index >= 15 is 0 Å². The quantitative estimate of drug-likeness (QED) is 0.637. The fourth-order valence-corrected chi connectivity index (χ4v) is 2.70. The third-order valence-electron chi connectivity index (χ3n) is 3.06. The van der Waals surface area contributed by atoms with Gasteiger partial charge in [0.2, 0.25) is 0 Å². The second-order valence-corrected chi connectivity index (χ2v) is 6.13. The molecule has 0 fully saturated rings. The topological polar surface area (TPSA) is 68.8 Å². The molecule has 0 saturated heterocycles. The van der Waals surface area contributed by atoms with Gasteiger partial charge >= 0.3 is 0 Å². The summed E-state index contributed by atoms with van der Waals surface area (Å²) in [6.07, 6.45) is 2.18. The lowest BCUT2D eigenvalue weighted by Crippen LogP contribution is -2.31. The summed E-state index contributed by atoms with van der Waals surface area (Å²) in [4.78, 5) is 4.30. The number of halogens is 2. The van der Waals surface area contributed by atoms with Gasteiger partial charge in [0.05, 0.1) is 6.04 Å². The molecule has 1 unspecified atom stereocenters. The van der Waals surface area contributed by atoms with E-state index in [4.69, 9.17) is 17.4 Å². The van der Waals surface area contributed by atoms with Crippen LogP contribution in [0.15, 0.2) is 29.0 Å². The number of nitrogens with one attached hydrogen (secondary N) is 1. The van der Waals surface area contributed by atoms with Crippen LogP contribution in [0.1, 0.15) is 37.3 Å². The zero-order valence-electron chi connectivity index (χ0n) is 11.3. The van der Waals surface area contributed by atoms with E-state index in [9.17, 15) is 0 Å². The first-order valence-electron chi connectivity index (χ1n) is 6.32. The van der Waals surface area contributed by atoms with Gasteiger partial charge in [-0.15, -0.1) is 0 Å². The van der Waals surface area contributed by atoms with Crippen LogP contribution in [-0.4, -0.2) is 14.8 Å². The molecule has 1 aromatic heterocycles. The zero-order valence-corrected chi connectivity index (χ0v) is 13.7. The van der Waals surface area contributed by atoms with Crippen LogP contribution < -0.4 is 11.3 Å². The molecule has 0 amide bonds. The number of hydrazine groups is 1. The largest absolute Gasteiger partial charge is 0.271 e. The summed E-state index contributed by atoms with van der Waals surface area (Å²) in [7, 11) is 0. The van der Waals surface area contributed by atoms with E-state index in [1.807, 2.05) is 22.9 Å². The predicted octanol–water partition coefficient (Wildman–Crippen LogP) is 3.02. The first-order valence-corrected chi connectivity index (χ1v) is 7.49. The summed E-state index contributed by atoms with van der Waals surface area (Å²) in [6.45, 7) is 4.13. The van der Waals surface area contributed by atoms with Crippen LogP contribution in [0.4, 0.5) is 0 Å². The Morgan fingerprint density at radius 3 is 2.85 bits per heavy atom. The van der Waals surface area contributed by atoms with Crippen LogP contribution in [0.25, 0.3) is 0 Å². The second-order valence-electron chi connectivity index (χ2n) is 4.80. The van der Waals surface area contributed by atoms with Gasteiger partial charge in [0.15, 0.2) is 0 Å². The number of nitrogens with two attached hydrogens (primary N) is 1. The molecule has 7 heteroatoms. The highest BCUT2D eigenvalue weighted by atomic mass is 79.9. The lowest BCUT2D eigenvalue weighted by atomic mass is 10.0. The van der Waals surface area contributed by atoms with Crippen molar-refractivity contribution in [2.24, 2.45) is 5.84 Å². The Balaban J connectivity index is 2.29. The standard InChI is InChI=1S/C13H17BrClN5/c1-8(2)20-13(17-7-18-20)6-12(19-16)10-5-9(14)3-4-11(10)15/h3-5,7-8,12,19H,6,16H2,1-2H3. The molecule has 0 aliphatic rings. The van der Waals surface area contributed by atoms with Crippen LogP contribution in [0.2, 0.25) is 5.02 Å². The van der Waals surface area contributed by atoms with Gasteiger partial charge in [0, 0.05) is 22.0 Å². The van der Waals surface area contributed by atoms with Crippen molar-refractivity contribution in [1.29, 1.82) is 0 Å². The van der Waals surface area contributed by atoms with Crippen molar-refractivity contribution in [2.45, 2.75) is 32.4 Å². The summed E-state index contributed by atoms with van der Waals surface area (Å²) in [5, 5.41) is 4.90. The van der Waals surface area contributed by atoms with Crippen molar-refractivity contribution in [3.8, 4) is 0 Å². The maximum Gasteiger partial charge on any atom is 0.138 e.